The van der Waals surface area contributed by atoms with Gasteiger partial charge < -0.3 is 9.66 Å². The molecule has 0 fully saturated rings. The average Bonchev–Trinajstić information content (AvgIpc) is 2.61. The molecular formula is C22H45KO4S. The zero-order valence-corrected chi connectivity index (χ0v) is 22.9. The molecule has 2 atom stereocenters. The Labute approximate surface area is 218 Å². The first-order valence-electron chi connectivity index (χ1n) is 11.5. The molecule has 0 heterocycles. The van der Waals surface area contributed by atoms with Crippen molar-refractivity contribution in [1.82, 2.24) is 0 Å². The molecule has 6 heteroatoms. The first-order valence-corrected chi connectivity index (χ1v) is 13.0. The Balaban J connectivity index is 0. The van der Waals surface area contributed by atoms with E-state index >= 15 is 0 Å². The number of aliphatic hydroxyl groups is 1. The van der Waals surface area contributed by atoms with Crippen molar-refractivity contribution in [3.8, 4) is 0 Å². The molecule has 2 unspecified atom stereocenters. The summed E-state index contributed by atoms with van der Waals surface area (Å²) in [6, 6.07) is 0. The quantitative estimate of drug-likeness (QED) is 0.177. The van der Waals surface area contributed by atoms with Crippen LogP contribution in [0.15, 0.2) is 0 Å². The first kappa shape index (κ1) is 31.7. The van der Waals surface area contributed by atoms with Crippen LogP contribution in [0, 0.1) is 0 Å². The first-order chi connectivity index (χ1) is 12.9. The van der Waals surface area contributed by atoms with Gasteiger partial charge in [-0.15, -0.1) is 0 Å². The van der Waals surface area contributed by atoms with Crippen LogP contribution in [0.4, 0.5) is 0 Å². The minimum absolute atomic E-state index is 0. The Bertz CT molecular complexity index is 415. The van der Waals surface area contributed by atoms with E-state index < -0.39 is 15.4 Å². The van der Waals surface area contributed by atoms with E-state index in [4.69, 9.17) is 0 Å². The maximum Gasteiger partial charge on any atom is 1.00 e. The molecule has 0 saturated carbocycles. The summed E-state index contributed by atoms with van der Waals surface area (Å²) in [5.41, 5.74) is 0. The molecule has 0 aliphatic rings. The van der Waals surface area contributed by atoms with Crippen molar-refractivity contribution in [2.45, 2.75) is 141 Å². The maximum absolute atomic E-state index is 11.5. The Morgan fingerprint density at radius 3 is 1.46 bits per heavy atom. The summed E-state index contributed by atoms with van der Waals surface area (Å²) in [5.74, 6) is 0. The van der Waals surface area contributed by atoms with Crippen molar-refractivity contribution in [3.63, 3.8) is 0 Å². The minimum atomic E-state index is -4.23. The van der Waals surface area contributed by atoms with E-state index in [9.17, 15) is 18.1 Å². The molecule has 0 bridgehead atoms. The Hall–Kier alpha value is 1.51. The summed E-state index contributed by atoms with van der Waals surface area (Å²) in [6.07, 6.45) is 17.7. The van der Waals surface area contributed by atoms with Crippen LogP contribution in [-0.2, 0) is 10.1 Å². The molecule has 28 heavy (non-hydrogen) atoms. The van der Waals surface area contributed by atoms with Gasteiger partial charge in [-0.1, -0.05) is 97.3 Å². The second-order valence-corrected chi connectivity index (χ2v) is 9.82. The molecule has 0 aromatic rings. The number of unbranched alkanes of at least 4 members (excludes halogenated alkanes) is 11. The number of hydrogen-bond acceptors (Lipinski definition) is 4. The molecule has 0 spiro atoms. The Morgan fingerprint density at radius 1 is 0.643 bits per heavy atom. The van der Waals surface area contributed by atoms with Crippen LogP contribution in [0.2, 0.25) is 0 Å². The maximum atomic E-state index is 11.5. The van der Waals surface area contributed by atoms with Crippen LogP contribution in [0.5, 0.6) is 0 Å². The predicted molar refractivity (Wildman–Crippen MR) is 114 cm³/mol. The summed E-state index contributed by atoms with van der Waals surface area (Å²) in [4.78, 5) is 0. The molecule has 0 saturated heterocycles. The summed E-state index contributed by atoms with van der Waals surface area (Å²) in [7, 11) is -4.23. The predicted octanol–water partition coefficient (Wildman–Crippen LogP) is 3.33. The van der Waals surface area contributed by atoms with Crippen LogP contribution >= 0.6 is 0 Å². The SMILES string of the molecule is CCCCCCCCCCC(CCCC(O)CCCCCCC)S(=O)(=O)[O-].[K+]. The van der Waals surface area contributed by atoms with Gasteiger partial charge in [0.15, 0.2) is 0 Å². The molecule has 0 radical (unpaired) electrons. The monoisotopic (exact) mass is 444 g/mol. The summed E-state index contributed by atoms with van der Waals surface area (Å²) in [6.45, 7) is 4.39. The van der Waals surface area contributed by atoms with E-state index in [1.165, 1.54) is 51.4 Å². The van der Waals surface area contributed by atoms with Crippen molar-refractivity contribution in [2.75, 3.05) is 0 Å². The van der Waals surface area contributed by atoms with E-state index in [0.717, 1.165) is 38.5 Å². The van der Waals surface area contributed by atoms with Gasteiger partial charge in [0.1, 0.15) is 0 Å². The van der Waals surface area contributed by atoms with Crippen LogP contribution in [0.1, 0.15) is 129 Å². The van der Waals surface area contributed by atoms with Crippen molar-refractivity contribution in [2.24, 2.45) is 0 Å². The van der Waals surface area contributed by atoms with Gasteiger partial charge in [-0.3, -0.25) is 0 Å². The van der Waals surface area contributed by atoms with E-state index in [0.29, 0.717) is 25.7 Å². The fourth-order valence-electron chi connectivity index (χ4n) is 3.65. The summed E-state index contributed by atoms with van der Waals surface area (Å²) >= 11 is 0. The summed E-state index contributed by atoms with van der Waals surface area (Å²) < 4.78 is 34.5. The smallest absolute Gasteiger partial charge is 0.748 e. The van der Waals surface area contributed by atoms with Gasteiger partial charge in [-0.05, 0) is 32.1 Å². The molecule has 0 aliphatic carbocycles. The second kappa shape index (κ2) is 21.7. The van der Waals surface area contributed by atoms with Gasteiger partial charge in [0.25, 0.3) is 0 Å². The van der Waals surface area contributed by atoms with Crippen molar-refractivity contribution >= 4 is 10.1 Å². The normalized spacial score (nSPS) is 13.9. The van der Waals surface area contributed by atoms with Gasteiger partial charge in [0, 0.05) is 5.25 Å². The van der Waals surface area contributed by atoms with Crippen molar-refractivity contribution in [3.05, 3.63) is 0 Å². The third kappa shape index (κ3) is 20.8. The Morgan fingerprint density at radius 2 is 1.00 bits per heavy atom. The molecule has 0 amide bonds. The van der Waals surface area contributed by atoms with E-state index in [1.807, 2.05) is 0 Å². The minimum Gasteiger partial charge on any atom is -0.748 e. The molecule has 164 valence electrons. The third-order valence-corrected chi connectivity index (χ3v) is 6.78. The van der Waals surface area contributed by atoms with Gasteiger partial charge in [0.2, 0.25) is 0 Å². The van der Waals surface area contributed by atoms with Crippen LogP contribution in [0.25, 0.3) is 0 Å². The van der Waals surface area contributed by atoms with E-state index in [1.54, 1.807) is 0 Å². The van der Waals surface area contributed by atoms with Crippen LogP contribution in [-0.4, -0.2) is 29.4 Å². The van der Waals surface area contributed by atoms with Gasteiger partial charge in [0.05, 0.1) is 16.2 Å². The topological polar surface area (TPSA) is 77.4 Å². The standard InChI is InChI=1S/C22H46O4S.K/c1-3-5-7-9-10-11-13-15-19-22(27(24,25)26)20-16-18-21(23)17-14-12-8-6-4-2;/h21-23H,3-20H2,1-2H3,(H,24,25,26);/q;+1/p-1. The van der Waals surface area contributed by atoms with Gasteiger partial charge in [-0.25, -0.2) is 8.42 Å². The summed E-state index contributed by atoms with van der Waals surface area (Å²) in [5, 5.41) is 9.26. The number of hydrogen-bond donors (Lipinski definition) is 1. The fourth-order valence-corrected chi connectivity index (χ4v) is 4.56. The van der Waals surface area contributed by atoms with Crippen LogP contribution in [0.3, 0.4) is 0 Å². The molecule has 1 N–H and O–H groups in total. The molecule has 0 aliphatic heterocycles. The number of rotatable bonds is 20. The molecule has 0 aromatic carbocycles. The van der Waals surface area contributed by atoms with Gasteiger partial charge >= 0.3 is 51.4 Å². The number of aliphatic hydroxyl groups excluding tert-OH is 1. The molecule has 0 aromatic heterocycles. The second-order valence-electron chi connectivity index (χ2n) is 8.17. The average molecular weight is 445 g/mol. The molecule has 0 rings (SSSR count). The zero-order chi connectivity index (χ0) is 20.4. The van der Waals surface area contributed by atoms with Crippen molar-refractivity contribution < 1.29 is 69.5 Å². The largest absolute Gasteiger partial charge is 1.00 e. The van der Waals surface area contributed by atoms with Crippen LogP contribution < -0.4 is 51.4 Å². The fraction of sp³-hybridized carbons (Fsp3) is 1.00. The Kier molecular flexibility index (Phi) is 24.6. The molecular weight excluding hydrogens is 399 g/mol. The van der Waals surface area contributed by atoms with E-state index in [-0.39, 0.29) is 57.5 Å². The zero-order valence-electron chi connectivity index (χ0n) is 19.0. The van der Waals surface area contributed by atoms with E-state index in [2.05, 4.69) is 13.8 Å². The van der Waals surface area contributed by atoms with Gasteiger partial charge in [-0.2, -0.15) is 0 Å². The molecule has 4 nitrogen and oxygen atoms in total. The van der Waals surface area contributed by atoms with Crippen molar-refractivity contribution in [1.29, 1.82) is 0 Å². The third-order valence-electron chi connectivity index (χ3n) is 5.49.